The Morgan fingerprint density at radius 2 is 2.15 bits per heavy atom. The molecule has 2 N–H and O–H groups in total. The summed E-state index contributed by atoms with van der Waals surface area (Å²) in [4.78, 5) is 12.5. The number of carbonyl (C=O) groups is 1. The van der Waals surface area contributed by atoms with Gasteiger partial charge in [0.05, 0.1) is 0 Å². The van der Waals surface area contributed by atoms with Crippen LogP contribution in [0.2, 0.25) is 0 Å². The highest BCUT2D eigenvalue weighted by atomic mass is 32.2. The minimum absolute atomic E-state index is 0.0609. The van der Waals surface area contributed by atoms with E-state index in [1.54, 1.807) is 11.8 Å². The summed E-state index contributed by atoms with van der Waals surface area (Å²) in [6.07, 6.45) is 6.67. The predicted molar refractivity (Wildman–Crippen MR) is 85.2 cm³/mol. The van der Waals surface area contributed by atoms with Gasteiger partial charge >= 0.3 is 0 Å². The molecule has 4 heteroatoms. The van der Waals surface area contributed by atoms with Gasteiger partial charge in [-0.05, 0) is 23.6 Å². The number of hydrazine groups is 1. The van der Waals surface area contributed by atoms with Crippen molar-refractivity contribution in [3.63, 3.8) is 0 Å². The molecule has 106 valence electrons. The molecule has 1 aromatic rings. The number of amides is 1. The van der Waals surface area contributed by atoms with Crippen molar-refractivity contribution in [2.75, 3.05) is 5.75 Å². The third-order valence-corrected chi connectivity index (χ3v) is 4.25. The summed E-state index contributed by atoms with van der Waals surface area (Å²) in [6, 6.07) is 8.63. The van der Waals surface area contributed by atoms with Crippen LogP contribution in [0.15, 0.2) is 47.9 Å². The molecule has 3 nitrogen and oxygen atoms in total. The fourth-order valence-electron chi connectivity index (χ4n) is 2.06. The SMILES string of the molecule is C=CCSc1ccc(/C=C/C2NNC(=O)CC2C)cc1. The molecule has 0 aliphatic carbocycles. The van der Waals surface area contributed by atoms with E-state index < -0.39 is 0 Å². The summed E-state index contributed by atoms with van der Waals surface area (Å²) in [5.41, 5.74) is 6.87. The van der Waals surface area contributed by atoms with Gasteiger partial charge in [-0.3, -0.25) is 10.2 Å². The van der Waals surface area contributed by atoms with Gasteiger partial charge in [-0.2, -0.15) is 0 Å². The number of hydrogen-bond acceptors (Lipinski definition) is 3. The Morgan fingerprint density at radius 3 is 2.80 bits per heavy atom. The van der Waals surface area contributed by atoms with Crippen molar-refractivity contribution < 1.29 is 4.79 Å². The van der Waals surface area contributed by atoms with E-state index in [1.807, 2.05) is 6.08 Å². The van der Waals surface area contributed by atoms with E-state index >= 15 is 0 Å². The summed E-state index contributed by atoms with van der Waals surface area (Å²) in [5, 5.41) is 0. The predicted octanol–water partition coefficient (Wildman–Crippen LogP) is 3.01. The van der Waals surface area contributed by atoms with Gasteiger partial charge < -0.3 is 0 Å². The Balaban J connectivity index is 1.93. The van der Waals surface area contributed by atoms with Crippen LogP contribution in [-0.4, -0.2) is 17.7 Å². The van der Waals surface area contributed by atoms with Crippen molar-refractivity contribution in [3.05, 3.63) is 48.6 Å². The van der Waals surface area contributed by atoms with Crippen LogP contribution >= 0.6 is 11.8 Å². The van der Waals surface area contributed by atoms with E-state index in [2.05, 4.69) is 60.8 Å². The zero-order chi connectivity index (χ0) is 14.4. The van der Waals surface area contributed by atoms with Crippen LogP contribution in [0.1, 0.15) is 18.9 Å². The van der Waals surface area contributed by atoms with Crippen molar-refractivity contribution in [1.29, 1.82) is 0 Å². The molecule has 2 atom stereocenters. The van der Waals surface area contributed by atoms with Crippen LogP contribution < -0.4 is 10.9 Å². The van der Waals surface area contributed by atoms with E-state index in [1.165, 1.54) is 10.5 Å². The van der Waals surface area contributed by atoms with Gasteiger partial charge in [-0.15, -0.1) is 18.3 Å². The Hall–Kier alpha value is -1.52. The minimum Gasteiger partial charge on any atom is -0.291 e. The molecule has 0 aromatic heterocycles. The number of nitrogens with one attached hydrogen (secondary N) is 2. The monoisotopic (exact) mass is 288 g/mol. The minimum atomic E-state index is 0.0609. The lowest BCUT2D eigenvalue weighted by Crippen LogP contribution is -2.52. The van der Waals surface area contributed by atoms with Gasteiger partial charge in [0.2, 0.25) is 5.91 Å². The zero-order valence-electron chi connectivity index (χ0n) is 11.6. The van der Waals surface area contributed by atoms with Crippen LogP contribution in [0.5, 0.6) is 0 Å². The molecule has 2 unspecified atom stereocenters. The summed E-state index contributed by atoms with van der Waals surface area (Å²) in [6.45, 7) is 5.80. The zero-order valence-corrected chi connectivity index (χ0v) is 12.5. The third kappa shape index (κ3) is 4.25. The molecule has 1 aliphatic rings. The average molecular weight is 288 g/mol. The van der Waals surface area contributed by atoms with Crippen LogP contribution in [0, 0.1) is 5.92 Å². The summed E-state index contributed by atoms with van der Waals surface area (Å²) in [5.74, 6) is 1.30. The quantitative estimate of drug-likeness (QED) is 0.646. The van der Waals surface area contributed by atoms with Crippen molar-refractivity contribution in [2.24, 2.45) is 5.92 Å². The molecule has 0 radical (unpaired) electrons. The Kier molecular flexibility index (Phi) is 5.44. The highest BCUT2D eigenvalue weighted by Crippen LogP contribution is 2.19. The maximum absolute atomic E-state index is 11.2. The molecule has 0 spiro atoms. The van der Waals surface area contributed by atoms with Crippen molar-refractivity contribution in [2.45, 2.75) is 24.3 Å². The lowest BCUT2D eigenvalue weighted by molar-refractivity contribution is -0.125. The molecule has 1 aromatic carbocycles. The normalized spacial score (nSPS) is 22.8. The van der Waals surface area contributed by atoms with Gasteiger partial charge in [0, 0.05) is 23.1 Å². The molecule has 0 saturated carbocycles. The van der Waals surface area contributed by atoms with E-state index in [-0.39, 0.29) is 11.9 Å². The molecule has 1 fully saturated rings. The molecule has 0 bridgehead atoms. The fraction of sp³-hybridized carbons (Fsp3) is 0.312. The van der Waals surface area contributed by atoms with Crippen molar-refractivity contribution in [1.82, 2.24) is 10.9 Å². The molecular weight excluding hydrogens is 268 g/mol. The largest absolute Gasteiger partial charge is 0.291 e. The maximum atomic E-state index is 11.2. The number of carbonyl (C=O) groups excluding carboxylic acids is 1. The smallest absolute Gasteiger partial charge is 0.234 e. The second kappa shape index (κ2) is 7.31. The maximum Gasteiger partial charge on any atom is 0.234 e. The number of thioether (sulfide) groups is 1. The number of rotatable bonds is 5. The Labute approximate surface area is 124 Å². The summed E-state index contributed by atoms with van der Waals surface area (Å²) < 4.78 is 0. The first-order valence-electron chi connectivity index (χ1n) is 6.75. The second-order valence-electron chi connectivity index (χ2n) is 4.93. The molecule has 20 heavy (non-hydrogen) atoms. The first-order valence-corrected chi connectivity index (χ1v) is 7.74. The lowest BCUT2D eigenvalue weighted by Gasteiger charge is -2.27. The van der Waals surface area contributed by atoms with Gasteiger partial charge in [0.25, 0.3) is 0 Å². The second-order valence-corrected chi connectivity index (χ2v) is 6.02. The molecule has 1 amide bonds. The van der Waals surface area contributed by atoms with Crippen LogP contribution in [0.3, 0.4) is 0 Å². The van der Waals surface area contributed by atoms with Gasteiger partial charge in [-0.1, -0.05) is 37.3 Å². The molecule has 1 aliphatic heterocycles. The standard InChI is InChI=1S/C16H20N2OS/c1-3-10-20-14-7-4-13(5-8-14)6-9-15-12(2)11-16(19)18-17-15/h3-9,12,15,17H,1,10-11H2,2H3,(H,18,19)/b9-6+. The first-order chi connectivity index (χ1) is 9.69. The Morgan fingerprint density at radius 1 is 1.40 bits per heavy atom. The van der Waals surface area contributed by atoms with E-state index in [9.17, 15) is 4.79 Å². The van der Waals surface area contributed by atoms with Crippen LogP contribution in [0.25, 0.3) is 6.08 Å². The van der Waals surface area contributed by atoms with Crippen molar-refractivity contribution >= 4 is 23.7 Å². The average Bonchev–Trinajstić information content (AvgIpc) is 2.45. The highest BCUT2D eigenvalue weighted by molar-refractivity contribution is 7.99. The lowest BCUT2D eigenvalue weighted by atomic mass is 9.96. The molecule has 1 saturated heterocycles. The number of hydrogen-bond donors (Lipinski definition) is 2. The highest BCUT2D eigenvalue weighted by Gasteiger charge is 2.22. The Bertz CT molecular complexity index is 496. The third-order valence-electron chi connectivity index (χ3n) is 3.24. The number of benzene rings is 1. The van der Waals surface area contributed by atoms with Crippen LogP contribution in [-0.2, 0) is 4.79 Å². The molecule has 1 heterocycles. The van der Waals surface area contributed by atoms with Crippen LogP contribution in [0.4, 0.5) is 0 Å². The van der Waals surface area contributed by atoms with E-state index in [0.29, 0.717) is 12.3 Å². The van der Waals surface area contributed by atoms with Gasteiger partial charge in [0.1, 0.15) is 0 Å². The van der Waals surface area contributed by atoms with E-state index in [4.69, 9.17) is 0 Å². The molecular formula is C16H20N2OS. The van der Waals surface area contributed by atoms with Gasteiger partial charge in [0.15, 0.2) is 0 Å². The topological polar surface area (TPSA) is 41.1 Å². The van der Waals surface area contributed by atoms with Crippen molar-refractivity contribution in [3.8, 4) is 0 Å². The summed E-state index contributed by atoms with van der Waals surface area (Å²) >= 11 is 1.77. The molecule has 2 rings (SSSR count). The first kappa shape index (κ1) is 14.9. The summed E-state index contributed by atoms with van der Waals surface area (Å²) in [7, 11) is 0. The van der Waals surface area contributed by atoms with Gasteiger partial charge in [-0.25, -0.2) is 5.43 Å². The van der Waals surface area contributed by atoms with E-state index in [0.717, 1.165) is 5.75 Å². The fourth-order valence-corrected chi connectivity index (χ4v) is 2.70.